The van der Waals surface area contributed by atoms with Crippen LogP contribution in [0, 0.1) is 18.6 Å². The lowest BCUT2D eigenvalue weighted by Gasteiger charge is -2.22. The van der Waals surface area contributed by atoms with Crippen molar-refractivity contribution in [3.63, 3.8) is 0 Å². The number of nitrogens with zero attached hydrogens (tertiary/aromatic N) is 1. The van der Waals surface area contributed by atoms with Crippen molar-refractivity contribution in [1.29, 1.82) is 0 Å². The van der Waals surface area contributed by atoms with E-state index in [1.54, 1.807) is 31.2 Å². The number of hydrogen-bond donors (Lipinski definition) is 1. The average molecular weight is 290 g/mol. The van der Waals surface area contributed by atoms with Crippen LogP contribution in [0.1, 0.15) is 23.6 Å². The number of halogens is 2. The molecule has 0 saturated carbocycles. The number of hydrogen-bond acceptors (Lipinski definition) is 2. The maximum absolute atomic E-state index is 13.7. The van der Waals surface area contributed by atoms with Gasteiger partial charge in [-0.25, -0.2) is 8.78 Å². The fraction of sp³-hybridized carbons (Fsp3) is 0.294. The highest BCUT2D eigenvalue weighted by Crippen LogP contribution is 2.21. The van der Waals surface area contributed by atoms with Crippen LogP contribution in [0.4, 0.5) is 14.5 Å². The number of anilines is 1. The van der Waals surface area contributed by atoms with Crippen molar-refractivity contribution in [3.8, 4) is 0 Å². The van der Waals surface area contributed by atoms with Gasteiger partial charge in [0, 0.05) is 19.6 Å². The first kappa shape index (κ1) is 15.4. The maximum atomic E-state index is 13.7. The van der Waals surface area contributed by atoms with Gasteiger partial charge in [-0.1, -0.05) is 24.3 Å². The molecule has 0 aliphatic rings. The van der Waals surface area contributed by atoms with E-state index >= 15 is 0 Å². The molecule has 0 aliphatic heterocycles. The second-order valence-electron chi connectivity index (χ2n) is 5.28. The highest BCUT2D eigenvalue weighted by atomic mass is 19.1. The maximum Gasteiger partial charge on any atom is 0.146 e. The van der Waals surface area contributed by atoms with Gasteiger partial charge < -0.3 is 10.6 Å². The fourth-order valence-electron chi connectivity index (χ4n) is 2.22. The van der Waals surface area contributed by atoms with E-state index in [0.717, 1.165) is 5.56 Å². The van der Waals surface area contributed by atoms with Crippen molar-refractivity contribution in [3.05, 3.63) is 65.2 Å². The largest absolute Gasteiger partial charge is 0.372 e. The highest BCUT2D eigenvalue weighted by Gasteiger charge is 2.11. The first-order valence-corrected chi connectivity index (χ1v) is 6.96. The summed E-state index contributed by atoms with van der Waals surface area (Å²) in [6.45, 7) is 2.31. The summed E-state index contributed by atoms with van der Waals surface area (Å²) in [7, 11) is 1.82. The Hall–Kier alpha value is -1.94. The third-order valence-electron chi connectivity index (χ3n) is 3.66. The normalized spacial score (nSPS) is 12.2. The molecule has 4 heteroatoms. The summed E-state index contributed by atoms with van der Waals surface area (Å²) in [6.07, 6.45) is 0.618. The molecular weight excluding hydrogens is 270 g/mol. The molecule has 0 radical (unpaired) electrons. The Balaban J connectivity index is 1.99. The van der Waals surface area contributed by atoms with E-state index in [1.807, 2.05) is 18.0 Å². The Morgan fingerprint density at radius 1 is 1.10 bits per heavy atom. The van der Waals surface area contributed by atoms with E-state index in [4.69, 9.17) is 5.73 Å². The monoisotopic (exact) mass is 290 g/mol. The minimum absolute atomic E-state index is 0.245. The van der Waals surface area contributed by atoms with Crippen molar-refractivity contribution < 1.29 is 8.78 Å². The summed E-state index contributed by atoms with van der Waals surface area (Å²) < 4.78 is 27.2. The van der Waals surface area contributed by atoms with Gasteiger partial charge in [0.2, 0.25) is 0 Å². The minimum Gasteiger partial charge on any atom is -0.372 e. The van der Waals surface area contributed by atoms with Crippen molar-refractivity contribution in [2.75, 3.05) is 18.5 Å². The zero-order chi connectivity index (χ0) is 15.4. The van der Waals surface area contributed by atoms with E-state index in [0.29, 0.717) is 24.2 Å². The molecule has 2 N–H and O–H groups in total. The number of rotatable bonds is 5. The second-order valence-corrected chi connectivity index (χ2v) is 5.28. The van der Waals surface area contributed by atoms with E-state index in [-0.39, 0.29) is 17.7 Å². The fourth-order valence-corrected chi connectivity index (χ4v) is 2.22. The Kier molecular flexibility index (Phi) is 4.91. The van der Waals surface area contributed by atoms with Gasteiger partial charge >= 0.3 is 0 Å². The lowest BCUT2D eigenvalue weighted by molar-refractivity contribution is 0.595. The molecule has 112 valence electrons. The molecule has 2 rings (SSSR count). The van der Waals surface area contributed by atoms with Gasteiger partial charge in [-0.15, -0.1) is 0 Å². The van der Waals surface area contributed by atoms with Crippen molar-refractivity contribution in [2.45, 2.75) is 19.4 Å². The van der Waals surface area contributed by atoms with Crippen LogP contribution in [0.25, 0.3) is 0 Å². The van der Waals surface area contributed by atoms with Crippen LogP contribution in [-0.2, 0) is 0 Å². The Morgan fingerprint density at radius 2 is 1.81 bits per heavy atom. The summed E-state index contributed by atoms with van der Waals surface area (Å²) in [5.74, 6) is -0.500. The first-order valence-electron chi connectivity index (χ1n) is 6.96. The molecule has 2 nitrogen and oxygen atoms in total. The zero-order valence-corrected chi connectivity index (χ0v) is 12.3. The van der Waals surface area contributed by atoms with Gasteiger partial charge in [0.1, 0.15) is 11.6 Å². The molecule has 1 unspecified atom stereocenters. The zero-order valence-electron chi connectivity index (χ0n) is 12.3. The third-order valence-corrected chi connectivity index (χ3v) is 3.66. The number of para-hydroxylation sites is 1. The van der Waals surface area contributed by atoms with Gasteiger partial charge in [-0.3, -0.25) is 0 Å². The first-order chi connectivity index (χ1) is 9.99. The Morgan fingerprint density at radius 3 is 2.48 bits per heavy atom. The summed E-state index contributed by atoms with van der Waals surface area (Å²) in [4.78, 5) is 1.82. The molecule has 1 atom stereocenters. The van der Waals surface area contributed by atoms with Crippen LogP contribution in [0.2, 0.25) is 0 Å². The van der Waals surface area contributed by atoms with E-state index in [2.05, 4.69) is 0 Å². The molecule has 0 aromatic heterocycles. The Bertz CT molecular complexity index is 613. The molecule has 2 aromatic rings. The van der Waals surface area contributed by atoms with Gasteiger partial charge in [-0.2, -0.15) is 0 Å². The molecule has 0 spiro atoms. The molecule has 0 fully saturated rings. The number of benzene rings is 2. The van der Waals surface area contributed by atoms with Crippen molar-refractivity contribution in [2.24, 2.45) is 5.73 Å². The van der Waals surface area contributed by atoms with Crippen molar-refractivity contribution >= 4 is 5.69 Å². The predicted molar refractivity (Wildman–Crippen MR) is 82.4 cm³/mol. The summed E-state index contributed by atoms with van der Waals surface area (Å²) >= 11 is 0. The molecule has 21 heavy (non-hydrogen) atoms. The molecule has 0 bridgehead atoms. The molecule has 0 aliphatic carbocycles. The molecule has 0 amide bonds. The van der Waals surface area contributed by atoms with Crippen LogP contribution >= 0.6 is 0 Å². The van der Waals surface area contributed by atoms with Crippen LogP contribution in [0.15, 0.2) is 42.5 Å². The van der Waals surface area contributed by atoms with Gasteiger partial charge in [0.05, 0.1) is 5.69 Å². The summed E-state index contributed by atoms with van der Waals surface area (Å²) in [5, 5.41) is 0. The quantitative estimate of drug-likeness (QED) is 0.907. The number of aryl methyl sites for hydroxylation is 1. The lowest BCUT2D eigenvalue weighted by Crippen LogP contribution is -2.24. The topological polar surface area (TPSA) is 29.3 Å². The standard InChI is InChI=1S/C17H20F2N2/c1-12-7-8-13(11-15(12)19)16(20)9-10-21(2)17-6-4-3-5-14(17)18/h3-8,11,16H,9-10,20H2,1-2H3. The van der Waals surface area contributed by atoms with Crippen molar-refractivity contribution in [1.82, 2.24) is 0 Å². The average Bonchev–Trinajstić information content (AvgIpc) is 2.47. The highest BCUT2D eigenvalue weighted by molar-refractivity contribution is 5.46. The van der Waals surface area contributed by atoms with Crippen LogP contribution < -0.4 is 10.6 Å². The minimum atomic E-state index is -0.269. The van der Waals surface area contributed by atoms with Gasteiger partial charge in [0.25, 0.3) is 0 Å². The lowest BCUT2D eigenvalue weighted by atomic mass is 10.0. The van der Waals surface area contributed by atoms with Gasteiger partial charge in [-0.05, 0) is 42.7 Å². The van der Waals surface area contributed by atoms with Crippen LogP contribution in [0.5, 0.6) is 0 Å². The molecular formula is C17H20F2N2. The predicted octanol–water partition coefficient (Wildman–Crippen LogP) is 3.80. The molecule has 2 aromatic carbocycles. The van der Waals surface area contributed by atoms with Gasteiger partial charge in [0.15, 0.2) is 0 Å². The second kappa shape index (κ2) is 6.68. The van der Waals surface area contributed by atoms with Crippen LogP contribution in [0.3, 0.4) is 0 Å². The third kappa shape index (κ3) is 3.79. The number of nitrogens with two attached hydrogens (primary N) is 1. The smallest absolute Gasteiger partial charge is 0.146 e. The summed E-state index contributed by atoms with van der Waals surface area (Å²) in [5.41, 5.74) is 8.00. The van der Waals surface area contributed by atoms with E-state index < -0.39 is 0 Å². The Labute approximate surface area is 124 Å². The van der Waals surface area contributed by atoms with E-state index in [1.165, 1.54) is 12.1 Å². The van der Waals surface area contributed by atoms with E-state index in [9.17, 15) is 8.78 Å². The molecule has 0 heterocycles. The SMILES string of the molecule is Cc1ccc(C(N)CCN(C)c2ccccc2F)cc1F. The molecule has 0 saturated heterocycles. The van der Waals surface area contributed by atoms with Crippen LogP contribution in [-0.4, -0.2) is 13.6 Å². The summed E-state index contributed by atoms with van der Waals surface area (Å²) in [6, 6.07) is 11.4.